The number of aromatic carboxylic acids is 1. The van der Waals surface area contributed by atoms with E-state index in [1.807, 2.05) is 36.4 Å². The lowest BCUT2D eigenvalue weighted by Crippen LogP contribution is -2.40. The summed E-state index contributed by atoms with van der Waals surface area (Å²) in [6.45, 7) is 2.41. The van der Waals surface area contributed by atoms with Crippen LogP contribution in [0, 0.1) is 13.8 Å². The van der Waals surface area contributed by atoms with Crippen molar-refractivity contribution in [2.75, 3.05) is 6.61 Å². The molecule has 0 unspecified atom stereocenters. The normalized spacial score (nSPS) is 15.0. The van der Waals surface area contributed by atoms with Crippen LogP contribution in [0.25, 0.3) is 32.8 Å². The molecule has 0 aliphatic carbocycles. The van der Waals surface area contributed by atoms with Crippen LogP contribution in [0.15, 0.2) is 59.5 Å². The third-order valence-corrected chi connectivity index (χ3v) is 12.4. The van der Waals surface area contributed by atoms with Crippen LogP contribution in [0.1, 0.15) is 45.2 Å². The third-order valence-electron chi connectivity index (χ3n) is 9.57. The molecular formula is C36H34ClF3N6O5S2. The lowest BCUT2D eigenvalue weighted by molar-refractivity contribution is -0.0494. The van der Waals surface area contributed by atoms with E-state index in [1.165, 1.54) is 21.1 Å². The minimum atomic E-state index is -5.90. The van der Waals surface area contributed by atoms with Crippen LogP contribution < -0.4 is 4.74 Å². The summed E-state index contributed by atoms with van der Waals surface area (Å²) in [7, 11) is -2.66. The highest BCUT2D eigenvalue weighted by Gasteiger charge is 2.50. The first-order valence-electron chi connectivity index (χ1n) is 16.5. The highest BCUT2D eigenvalue weighted by atomic mass is 35.5. The summed E-state index contributed by atoms with van der Waals surface area (Å²) < 4.78 is 80.6. The topological polar surface area (TPSA) is 124 Å². The summed E-state index contributed by atoms with van der Waals surface area (Å²) in [6.07, 6.45) is 0.437. The van der Waals surface area contributed by atoms with Crippen LogP contribution >= 0.6 is 23.4 Å². The molecule has 0 spiro atoms. The average Bonchev–Trinajstić information content (AvgIpc) is 3.69. The number of ether oxygens (including phenoxy) is 1. The number of hydrogen-bond donors (Lipinski definition) is 1. The van der Waals surface area contributed by atoms with Gasteiger partial charge in [0.25, 0.3) is 0 Å². The number of rotatable bonds is 2. The minimum Gasteiger partial charge on any atom is -0.493 e. The van der Waals surface area contributed by atoms with E-state index in [1.54, 1.807) is 50.7 Å². The maximum absolute atomic E-state index is 14.3. The van der Waals surface area contributed by atoms with Crippen LogP contribution in [0.5, 0.6) is 5.75 Å². The van der Waals surface area contributed by atoms with E-state index < -0.39 is 34.6 Å². The van der Waals surface area contributed by atoms with Crippen molar-refractivity contribution in [3.8, 4) is 16.9 Å². The van der Waals surface area contributed by atoms with Crippen molar-refractivity contribution in [2.45, 2.75) is 56.1 Å². The van der Waals surface area contributed by atoms with Gasteiger partial charge in [-0.15, -0.1) is 11.8 Å². The van der Waals surface area contributed by atoms with Gasteiger partial charge in [0.15, 0.2) is 0 Å². The van der Waals surface area contributed by atoms with E-state index in [0.29, 0.717) is 61.2 Å². The molecular weight excluding hydrogens is 753 g/mol. The first-order valence-corrected chi connectivity index (χ1v) is 19.3. The van der Waals surface area contributed by atoms with Crippen LogP contribution in [0.2, 0.25) is 5.02 Å². The molecule has 1 aliphatic rings. The highest BCUT2D eigenvalue weighted by molar-refractivity contribution is 7.98. The molecule has 17 heteroatoms. The monoisotopic (exact) mass is 786 g/mol. The second-order valence-corrected chi connectivity index (χ2v) is 16.3. The van der Waals surface area contributed by atoms with Crippen molar-refractivity contribution in [1.82, 2.24) is 28.4 Å². The molecule has 3 aromatic heterocycles. The fourth-order valence-electron chi connectivity index (χ4n) is 6.99. The van der Waals surface area contributed by atoms with Crippen LogP contribution in [0.4, 0.5) is 13.2 Å². The molecule has 53 heavy (non-hydrogen) atoms. The van der Waals surface area contributed by atoms with Crippen molar-refractivity contribution >= 4 is 61.0 Å². The molecule has 0 radical (unpaired) electrons. The quantitative estimate of drug-likeness (QED) is 0.189. The zero-order valence-corrected chi connectivity index (χ0v) is 31.4. The highest BCUT2D eigenvalue weighted by Crippen LogP contribution is 2.43. The Balaban J connectivity index is 1.44. The molecule has 0 atom stereocenters. The van der Waals surface area contributed by atoms with Crippen LogP contribution in [-0.4, -0.2) is 60.0 Å². The van der Waals surface area contributed by atoms with Gasteiger partial charge in [0.1, 0.15) is 11.4 Å². The number of halogens is 4. The Morgan fingerprint density at radius 2 is 1.75 bits per heavy atom. The Morgan fingerprint density at radius 1 is 1.00 bits per heavy atom. The lowest BCUT2D eigenvalue weighted by Gasteiger charge is -2.22. The summed E-state index contributed by atoms with van der Waals surface area (Å²) in [4.78, 5) is 13.7. The number of nitrogens with zero attached hydrogens (tertiary/aromatic N) is 6. The minimum absolute atomic E-state index is 0.00796. The lowest BCUT2D eigenvalue weighted by atomic mass is 9.96. The number of benzene rings is 3. The van der Waals surface area contributed by atoms with Gasteiger partial charge in [0.05, 0.1) is 31.1 Å². The number of alkyl halides is 3. The second-order valence-electron chi connectivity index (χ2n) is 12.9. The Labute approximate surface area is 311 Å². The van der Waals surface area contributed by atoms with Crippen molar-refractivity contribution in [2.24, 2.45) is 14.1 Å². The maximum atomic E-state index is 14.3. The summed E-state index contributed by atoms with van der Waals surface area (Å²) in [5.41, 5.74) is -2.76. The fraction of sp³-hybridized carbons (Fsp3) is 0.306. The molecule has 3 aromatic carbocycles. The number of aromatic nitrogens is 5. The smallest absolute Gasteiger partial charge is 0.493 e. The van der Waals surface area contributed by atoms with Gasteiger partial charge in [-0.2, -0.15) is 27.7 Å². The molecule has 8 bridgehead atoms. The summed E-state index contributed by atoms with van der Waals surface area (Å²) in [6, 6.07) is 16.6. The fourth-order valence-corrected chi connectivity index (χ4v) is 9.12. The van der Waals surface area contributed by atoms with Crippen molar-refractivity contribution in [3.63, 3.8) is 0 Å². The molecule has 7 rings (SSSR count). The zero-order chi connectivity index (χ0) is 38.0. The number of carboxylic acids is 1. The molecule has 1 N–H and O–H groups in total. The maximum Gasteiger partial charge on any atom is 0.511 e. The molecule has 6 aromatic rings. The zero-order valence-electron chi connectivity index (χ0n) is 29.0. The Hall–Kier alpha value is -4.51. The number of sulfonamides is 1. The number of aryl methyl sites for hydroxylation is 4. The van der Waals surface area contributed by atoms with Gasteiger partial charge < -0.3 is 14.4 Å². The summed E-state index contributed by atoms with van der Waals surface area (Å²) >= 11 is 8.35. The van der Waals surface area contributed by atoms with Crippen molar-refractivity contribution in [1.29, 1.82) is 0 Å². The standard InChI is InChI=1S/C36H34ClF3N6O5S2/c1-20-31-29-11-10-27(37)33(31)32-21(2)43(3)42-28(32)18-45(53(49,50)36(38,39)40)17-23-15-24(44(4)41-23)19-52-25-14-22-8-5-6-9-26(22)30(16-25)51-13-7-12-46(29)34(20)35(47)48/h5-6,8-11,14-16H,7,12-13,17-19H2,1-4H3,(H,47,48). The van der Waals surface area contributed by atoms with Crippen molar-refractivity contribution in [3.05, 3.63) is 93.7 Å². The van der Waals surface area contributed by atoms with Gasteiger partial charge in [0.2, 0.25) is 0 Å². The number of fused-ring (bicyclic) bond motifs is 8. The van der Waals surface area contributed by atoms with Gasteiger partial charge in [-0.25, -0.2) is 13.2 Å². The summed E-state index contributed by atoms with van der Waals surface area (Å²) in [5, 5.41) is 21.8. The third kappa shape index (κ3) is 6.55. The molecule has 0 saturated heterocycles. The SMILES string of the molecule is Cc1c(C(=O)O)n2c3ccc(Cl)c(c13)-c1c(nn(C)c1C)CN(S(=O)(=O)C(F)(F)F)Cc1cc(n(C)n1)CSc1cc(c3ccccc3c1)OCCC2. The number of carboxylic acid groups (broad SMARTS) is 1. The largest absolute Gasteiger partial charge is 0.511 e. The van der Waals surface area contributed by atoms with Gasteiger partial charge in [-0.1, -0.05) is 35.9 Å². The van der Waals surface area contributed by atoms with E-state index in [4.69, 9.17) is 16.3 Å². The van der Waals surface area contributed by atoms with Crippen LogP contribution in [0.3, 0.4) is 0 Å². The van der Waals surface area contributed by atoms with Gasteiger partial charge in [0, 0.05) is 75.1 Å². The number of hydrogen-bond acceptors (Lipinski definition) is 7. The summed E-state index contributed by atoms with van der Waals surface area (Å²) in [5.74, 6) is -0.144. The van der Waals surface area contributed by atoms with Crippen molar-refractivity contribution < 1.29 is 36.2 Å². The number of thioether (sulfide) groups is 1. The van der Waals surface area contributed by atoms with E-state index in [2.05, 4.69) is 10.2 Å². The second kappa shape index (κ2) is 13.7. The van der Waals surface area contributed by atoms with Crippen LogP contribution in [-0.2, 0) is 49.5 Å². The molecule has 1 aliphatic heterocycles. The molecule has 4 heterocycles. The Kier molecular flexibility index (Phi) is 9.54. The molecule has 0 saturated carbocycles. The predicted octanol–water partition coefficient (Wildman–Crippen LogP) is 7.82. The Morgan fingerprint density at radius 3 is 2.49 bits per heavy atom. The van der Waals surface area contributed by atoms with E-state index in [0.717, 1.165) is 15.7 Å². The first kappa shape index (κ1) is 36.8. The molecule has 11 nitrogen and oxygen atoms in total. The van der Waals surface area contributed by atoms with Gasteiger partial charge in [-0.05, 0) is 61.5 Å². The van der Waals surface area contributed by atoms with Gasteiger partial charge in [-0.3, -0.25) is 9.36 Å². The van der Waals surface area contributed by atoms with E-state index in [-0.39, 0.29) is 35.3 Å². The number of carbonyl (C=O) groups is 1. The molecule has 0 fully saturated rings. The first-order chi connectivity index (χ1) is 25.1. The van der Waals surface area contributed by atoms with Gasteiger partial charge >= 0.3 is 21.5 Å². The molecule has 278 valence electrons. The van der Waals surface area contributed by atoms with E-state index >= 15 is 0 Å². The Bertz CT molecular complexity index is 2540. The average molecular weight is 787 g/mol. The van der Waals surface area contributed by atoms with E-state index in [9.17, 15) is 31.5 Å². The molecule has 0 amide bonds. The predicted molar refractivity (Wildman–Crippen MR) is 197 cm³/mol.